The van der Waals surface area contributed by atoms with Crippen molar-refractivity contribution >= 4 is 97.0 Å². The first-order chi connectivity index (χ1) is 18.7. The number of thiophene rings is 2. The monoisotopic (exact) mass is 558 g/mol. The smallest absolute Gasteiger partial charge is 0.0491 e. The van der Waals surface area contributed by atoms with Crippen LogP contribution in [0.4, 0.5) is 0 Å². The molecule has 38 heavy (non-hydrogen) atoms. The van der Waals surface area contributed by atoms with Crippen molar-refractivity contribution in [3.8, 4) is 33.4 Å². The van der Waals surface area contributed by atoms with E-state index in [9.17, 15) is 0 Å². The molecule has 2 aromatic heterocycles. The van der Waals surface area contributed by atoms with Gasteiger partial charge in [0.25, 0.3) is 0 Å². The Balaban J connectivity index is 1.61. The molecule has 0 radical (unpaired) electrons. The third-order valence-corrected chi connectivity index (χ3v) is 10.9. The summed E-state index contributed by atoms with van der Waals surface area (Å²) in [5, 5.41) is 8.97. The van der Waals surface area contributed by atoms with Crippen molar-refractivity contribution in [3.05, 3.63) is 107 Å². The molecular weight excluding hydrogens is 543 g/mol. The molecule has 0 nitrogen and oxygen atoms in total. The zero-order valence-electron chi connectivity index (χ0n) is 19.8. The minimum Gasteiger partial charge on any atom is -0.135 e. The summed E-state index contributed by atoms with van der Waals surface area (Å²) in [5.74, 6) is 0. The van der Waals surface area contributed by atoms with Crippen LogP contribution in [0.2, 0.25) is 10.0 Å². The van der Waals surface area contributed by atoms with Crippen molar-refractivity contribution in [3.63, 3.8) is 0 Å². The van der Waals surface area contributed by atoms with Gasteiger partial charge in [0.1, 0.15) is 0 Å². The molecule has 0 aliphatic heterocycles. The zero-order chi connectivity index (χ0) is 25.1. The van der Waals surface area contributed by atoms with Gasteiger partial charge >= 0.3 is 0 Å². The standard InChI is InChI=1S/C34H16Cl2S2/c35-18-15-17-9-14-26(36)30-24-13-12-23-20-6-2-4-8-28(20)38-34(23)32(24)31-21(25(16-18)29(17)30)10-11-22-19-5-1-3-7-27(19)37-33(22)31/h1-16H. The van der Waals surface area contributed by atoms with Crippen LogP contribution in [0.25, 0.3) is 84.5 Å². The van der Waals surface area contributed by atoms with E-state index in [0.717, 1.165) is 26.6 Å². The predicted molar refractivity (Wildman–Crippen MR) is 170 cm³/mol. The fourth-order valence-corrected chi connectivity index (χ4v) is 9.39. The molecule has 0 N–H and O–H groups in total. The summed E-state index contributed by atoms with van der Waals surface area (Å²) < 4.78 is 5.22. The minimum absolute atomic E-state index is 0.737. The summed E-state index contributed by atoms with van der Waals surface area (Å²) in [5.41, 5.74) is 7.19. The van der Waals surface area contributed by atoms with E-state index in [0.29, 0.717) is 0 Å². The van der Waals surface area contributed by atoms with Crippen LogP contribution in [0.3, 0.4) is 0 Å². The van der Waals surface area contributed by atoms with Crippen molar-refractivity contribution in [2.24, 2.45) is 0 Å². The van der Waals surface area contributed by atoms with Crippen LogP contribution in [0.1, 0.15) is 0 Å². The van der Waals surface area contributed by atoms with Crippen molar-refractivity contribution in [2.75, 3.05) is 0 Å². The molecule has 178 valence electrons. The molecule has 0 unspecified atom stereocenters. The number of hydrogen-bond acceptors (Lipinski definition) is 2. The zero-order valence-corrected chi connectivity index (χ0v) is 23.0. The van der Waals surface area contributed by atoms with Crippen LogP contribution in [0.5, 0.6) is 0 Å². The van der Waals surface area contributed by atoms with Gasteiger partial charge in [0.05, 0.1) is 0 Å². The second-order valence-electron chi connectivity index (χ2n) is 9.90. The Bertz CT molecular complexity index is 2320. The van der Waals surface area contributed by atoms with E-state index >= 15 is 0 Å². The normalized spacial score (nSPS) is 12.5. The second kappa shape index (κ2) is 7.59. The Morgan fingerprint density at radius 1 is 0.474 bits per heavy atom. The topological polar surface area (TPSA) is 0 Å². The molecular formula is C34H16Cl2S2. The van der Waals surface area contributed by atoms with Gasteiger partial charge in [0.15, 0.2) is 0 Å². The van der Waals surface area contributed by atoms with Crippen molar-refractivity contribution in [1.29, 1.82) is 0 Å². The van der Waals surface area contributed by atoms with Crippen LogP contribution in [0, 0.1) is 0 Å². The average Bonchev–Trinajstić information content (AvgIpc) is 3.47. The quantitative estimate of drug-likeness (QED) is 0.173. The van der Waals surface area contributed by atoms with E-state index in [1.165, 1.54) is 68.0 Å². The Labute approximate surface area is 236 Å². The molecule has 8 aromatic rings. The number of rotatable bonds is 0. The van der Waals surface area contributed by atoms with E-state index in [4.69, 9.17) is 23.2 Å². The number of halogens is 2. The lowest BCUT2D eigenvalue weighted by molar-refractivity contribution is 1.70. The molecule has 0 saturated carbocycles. The van der Waals surface area contributed by atoms with Crippen molar-refractivity contribution in [2.45, 2.75) is 0 Å². The fraction of sp³-hybridized carbons (Fsp3) is 0. The number of fused-ring (bicyclic) bond motifs is 13. The summed E-state index contributed by atoms with van der Waals surface area (Å²) in [6, 6.07) is 34.9. The van der Waals surface area contributed by atoms with Crippen molar-refractivity contribution < 1.29 is 0 Å². The first kappa shape index (κ1) is 21.5. The van der Waals surface area contributed by atoms with E-state index in [-0.39, 0.29) is 0 Å². The summed E-state index contributed by atoms with van der Waals surface area (Å²) in [4.78, 5) is 0. The summed E-state index contributed by atoms with van der Waals surface area (Å²) in [7, 11) is 0. The number of hydrogen-bond donors (Lipinski definition) is 0. The molecule has 0 atom stereocenters. The molecule has 0 bridgehead atoms. The maximum atomic E-state index is 7.08. The molecule has 9 rings (SSSR count). The van der Waals surface area contributed by atoms with Crippen LogP contribution in [-0.2, 0) is 0 Å². The van der Waals surface area contributed by atoms with Crippen molar-refractivity contribution in [1.82, 2.24) is 0 Å². The highest BCUT2D eigenvalue weighted by Gasteiger charge is 2.28. The van der Waals surface area contributed by atoms with Gasteiger partial charge in [0, 0.05) is 67.1 Å². The van der Waals surface area contributed by atoms with Crippen LogP contribution < -0.4 is 0 Å². The Kier molecular flexibility index (Phi) is 4.30. The molecule has 1 aliphatic rings. The Morgan fingerprint density at radius 2 is 1.08 bits per heavy atom. The van der Waals surface area contributed by atoms with Crippen LogP contribution >= 0.6 is 45.9 Å². The van der Waals surface area contributed by atoms with Gasteiger partial charge in [-0.05, 0) is 57.8 Å². The first-order valence-electron chi connectivity index (χ1n) is 12.5. The van der Waals surface area contributed by atoms with Crippen LogP contribution in [0.15, 0.2) is 97.1 Å². The third kappa shape index (κ3) is 2.71. The van der Waals surface area contributed by atoms with E-state index < -0.39 is 0 Å². The van der Waals surface area contributed by atoms with Gasteiger partial charge in [0.2, 0.25) is 0 Å². The Morgan fingerprint density at radius 3 is 1.76 bits per heavy atom. The SMILES string of the molecule is Clc1cc2c3c(c(Cl)ccc3c1)-c1ccc3c(sc4ccccc43)c1-c1c-2ccc2c1sc1ccccc12. The lowest BCUT2D eigenvalue weighted by atomic mass is 9.91. The third-order valence-electron chi connectivity index (χ3n) is 7.94. The molecule has 4 heteroatoms. The maximum absolute atomic E-state index is 7.08. The molecule has 2 heterocycles. The van der Waals surface area contributed by atoms with E-state index in [1.54, 1.807) is 0 Å². The molecule has 1 aliphatic carbocycles. The lowest BCUT2D eigenvalue weighted by Crippen LogP contribution is -1.87. The van der Waals surface area contributed by atoms with Gasteiger partial charge in [-0.25, -0.2) is 0 Å². The van der Waals surface area contributed by atoms with Crippen LogP contribution in [-0.4, -0.2) is 0 Å². The summed E-state index contributed by atoms with van der Waals surface area (Å²) in [6.45, 7) is 0. The molecule has 0 spiro atoms. The summed E-state index contributed by atoms with van der Waals surface area (Å²) >= 11 is 17.6. The summed E-state index contributed by atoms with van der Waals surface area (Å²) in [6.07, 6.45) is 0. The molecule has 0 saturated heterocycles. The van der Waals surface area contributed by atoms with Gasteiger partial charge in [-0.3, -0.25) is 0 Å². The van der Waals surface area contributed by atoms with Gasteiger partial charge < -0.3 is 0 Å². The molecule has 0 amide bonds. The number of benzene rings is 6. The fourth-order valence-electron chi connectivity index (χ4n) is 6.39. The van der Waals surface area contributed by atoms with Gasteiger partial charge in [-0.2, -0.15) is 0 Å². The van der Waals surface area contributed by atoms with Gasteiger partial charge in [-0.15, -0.1) is 22.7 Å². The molecule has 6 aromatic carbocycles. The predicted octanol–water partition coefficient (Wildman–Crippen LogP) is 12.2. The van der Waals surface area contributed by atoms with E-state index in [2.05, 4.69) is 91.0 Å². The highest BCUT2D eigenvalue weighted by Crippen LogP contribution is 2.57. The molecule has 0 fully saturated rings. The largest absolute Gasteiger partial charge is 0.135 e. The maximum Gasteiger partial charge on any atom is 0.0491 e. The minimum atomic E-state index is 0.737. The van der Waals surface area contributed by atoms with E-state index in [1.807, 2.05) is 28.7 Å². The first-order valence-corrected chi connectivity index (χ1v) is 14.9. The Hall–Kier alpha value is -3.40. The lowest BCUT2D eigenvalue weighted by Gasteiger charge is -2.14. The highest BCUT2D eigenvalue weighted by molar-refractivity contribution is 7.27. The highest BCUT2D eigenvalue weighted by atomic mass is 35.5. The van der Waals surface area contributed by atoms with Gasteiger partial charge in [-0.1, -0.05) is 89.9 Å². The average molecular weight is 560 g/mol. The second-order valence-corrected chi connectivity index (χ2v) is 12.8.